The number of aromatic nitrogens is 2. The third-order valence-electron chi connectivity index (χ3n) is 6.00. The maximum absolute atomic E-state index is 12.8. The molecule has 4 rings (SSSR count). The van der Waals surface area contributed by atoms with E-state index in [0.717, 1.165) is 36.1 Å². The summed E-state index contributed by atoms with van der Waals surface area (Å²) in [6.07, 6.45) is 11.2. The van der Waals surface area contributed by atoms with E-state index in [1.54, 1.807) is 6.08 Å². The molecule has 186 valence electrons. The Morgan fingerprint density at radius 3 is 2.89 bits per heavy atom. The van der Waals surface area contributed by atoms with Gasteiger partial charge in [-0.2, -0.15) is 0 Å². The maximum atomic E-state index is 12.8. The number of carbonyl (C=O) groups excluding carboxylic acids is 1. The molecule has 1 fully saturated rings. The fourth-order valence-electron chi connectivity index (χ4n) is 3.95. The van der Waals surface area contributed by atoms with Crippen LogP contribution >= 0.6 is 0 Å². The molecule has 0 spiro atoms. The highest BCUT2D eigenvalue weighted by Crippen LogP contribution is 2.34. The van der Waals surface area contributed by atoms with E-state index in [0.29, 0.717) is 42.5 Å². The first-order valence-corrected chi connectivity index (χ1v) is 12.2. The molecular formula is C28H31N5O3. The summed E-state index contributed by atoms with van der Waals surface area (Å²) < 4.78 is 11.7. The number of carbonyl (C=O) groups is 1. The van der Waals surface area contributed by atoms with Crippen LogP contribution in [0.1, 0.15) is 25.8 Å². The molecule has 2 N–H and O–H groups in total. The first-order valence-electron chi connectivity index (χ1n) is 12.2. The summed E-state index contributed by atoms with van der Waals surface area (Å²) in [5.41, 5.74) is 2.79. The summed E-state index contributed by atoms with van der Waals surface area (Å²) in [6, 6.07) is 11.2. The van der Waals surface area contributed by atoms with Crippen molar-refractivity contribution in [2.45, 2.75) is 26.4 Å². The van der Waals surface area contributed by atoms with Crippen molar-refractivity contribution in [1.29, 1.82) is 0 Å². The number of fused-ring (bicyclic) bond motifs is 1. The standard InChI is InChI=1S/C28H31N5O3/c1-4-20-9-7-10-21(15-20)31-28-23-16-25(32-27(34)11-8-13-33(5-2)6-3)26(17-24(23)29-19-30-28)36-22-12-14-35-18-22/h1,7-11,15-17,19,22H,5-6,12-14,18H2,2-3H3,(H,32,34)(H,29,30,31)/b11-8+/t22-/m1/s1. The Bertz CT molecular complexity index is 1270. The number of nitrogens with one attached hydrogen (secondary N) is 2. The highest BCUT2D eigenvalue weighted by molar-refractivity contribution is 6.03. The monoisotopic (exact) mass is 485 g/mol. The van der Waals surface area contributed by atoms with Gasteiger partial charge in [-0.3, -0.25) is 4.79 Å². The van der Waals surface area contributed by atoms with Crippen LogP contribution in [0.25, 0.3) is 10.9 Å². The van der Waals surface area contributed by atoms with Crippen LogP contribution in [0.5, 0.6) is 5.75 Å². The second-order valence-electron chi connectivity index (χ2n) is 8.42. The predicted molar refractivity (Wildman–Crippen MR) is 143 cm³/mol. The van der Waals surface area contributed by atoms with Gasteiger partial charge in [-0.1, -0.05) is 31.9 Å². The van der Waals surface area contributed by atoms with Gasteiger partial charge in [0.25, 0.3) is 0 Å². The Labute approximate surface area is 211 Å². The zero-order valence-electron chi connectivity index (χ0n) is 20.7. The molecule has 8 heteroatoms. The Morgan fingerprint density at radius 2 is 2.14 bits per heavy atom. The van der Waals surface area contributed by atoms with Crippen LogP contribution in [0.4, 0.5) is 17.2 Å². The zero-order chi connectivity index (χ0) is 25.3. The number of hydrogen-bond acceptors (Lipinski definition) is 7. The summed E-state index contributed by atoms with van der Waals surface area (Å²) in [7, 11) is 0. The number of anilines is 3. The molecule has 1 aliphatic rings. The first-order chi connectivity index (χ1) is 17.6. The van der Waals surface area contributed by atoms with Gasteiger partial charge in [-0.05, 0) is 37.4 Å². The number of ether oxygens (including phenoxy) is 2. The van der Waals surface area contributed by atoms with E-state index in [1.807, 2.05) is 42.5 Å². The minimum Gasteiger partial charge on any atom is -0.486 e. The molecule has 0 radical (unpaired) electrons. The van der Waals surface area contributed by atoms with Crippen molar-refractivity contribution in [1.82, 2.24) is 14.9 Å². The molecule has 0 unspecified atom stereocenters. The number of amides is 1. The van der Waals surface area contributed by atoms with Gasteiger partial charge in [-0.25, -0.2) is 9.97 Å². The van der Waals surface area contributed by atoms with E-state index in [2.05, 4.69) is 45.3 Å². The average molecular weight is 486 g/mol. The van der Waals surface area contributed by atoms with Gasteiger partial charge in [0.15, 0.2) is 0 Å². The number of nitrogens with zero attached hydrogens (tertiary/aromatic N) is 3. The predicted octanol–water partition coefficient (Wildman–Crippen LogP) is 4.36. The van der Waals surface area contributed by atoms with E-state index in [9.17, 15) is 4.79 Å². The molecule has 0 bridgehead atoms. The molecule has 0 aliphatic carbocycles. The number of benzene rings is 2. The summed E-state index contributed by atoms with van der Waals surface area (Å²) in [5.74, 6) is 3.54. The molecule has 2 aromatic carbocycles. The number of terminal acetylenes is 1. The minimum atomic E-state index is -0.234. The van der Waals surface area contributed by atoms with Crippen LogP contribution in [0, 0.1) is 12.3 Å². The number of likely N-dealkylation sites (N-methyl/N-ethyl adjacent to an activating group) is 1. The van der Waals surface area contributed by atoms with Crippen molar-refractivity contribution < 1.29 is 14.3 Å². The van der Waals surface area contributed by atoms with Crippen LogP contribution in [0.3, 0.4) is 0 Å². The first kappa shape index (κ1) is 25.2. The van der Waals surface area contributed by atoms with Crippen molar-refractivity contribution in [2.75, 3.05) is 43.5 Å². The summed E-state index contributed by atoms with van der Waals surface area (Å²) >= 11 is 0. The van der Waals surface area contributed by atoms with Crippen molar-refractivity contribution in [3.8, 4) is 18.1 Å². The molecule has 36 heavy (non-hydrogen) atoms. The van der Waals surface area contributed by atoms with E-state index < -0.39 is 0 Å². The molecule has 1 aliphatic heterocycles. The van der Waals surface area contributed by atoms with Gasteiger partial charge in [0.2, 0.25) is 5.91 Å². The van der Waals surface area contributed by atoms with E-state index >= 15 is 0 Å². The Balaban J connectivity index is 1.64. The smallest absolute Gasteiger partial charge is 0.248 e. The topological polar surface area (TPSA) is 88.6 Å². The number of hydrogen-bond donors (Lipinski definition) is 2. The van der Waals surface area contributed by atoms with Crippen molar-refractivity contribution in [2.24, 2.45) is 0 Å². The van der Waals surface area contributed by atoms with E-state index in [1.165, 1.54) is 6.33 Å². The van der Waals surface area contributed by atoms with Crippen LogP contribution in [0.2, 0.25) is 0 Å². The van der Waals surface area contributed by atoms with Gasteiger partial charge in [0, 0.05) is 41.7 Å². The fraction of sp³-hybridized carbons (Fsp3) is 0.321. The highest BCUT2D eigenvalue weighted by atomic mass is 16.5. The lowest BCUT2D eigenvalue weighted by molar-refractivity contribution is -0.111. The lowest BCUT2D eigenvalue weighted by Crippen LogP contribution is -2.23. The summed E-state index contributed by atoms with van der Waals surface area (Å²) in [5, 5.41) is 7.03. The lowest BCUT2D eigenvalue weighted by Gasteiger charge is -2.18. The number of rotatable bonds is 10. The molecular weight excluding hydrogens is 454 g/mol. The Morgan fingerprint density at radius 1 is 1.28 bits per heavy atom. The highest BCUT2D eigenvalue weighted by Gasteiger charge is 2.20. The SMILES string of the molecule is C#Cc1cccc(Nc2ncnc3cc(O[C@@H]4CCOC4)c(NC(=O)/C=C/CN(CC)CC)cc23)c1. The van der Waals surface area contributed by atoms with Gasteiger partial charge < -0.3 is 25.0 Å². The Hall–Kier alpha value is -3.93. The van der Waals surface area contributed by atoms with Crippen molar-refractivity contribution >= 4 is 34.0 Å². The van der Waals surface area contributed by atoms with E-state index in [4.69, 9.17) is 15.9 Å². The molecule has 2 heterocycles. The second kappa shape index (κ2) is 12.2. The molecule has 8 nitrogen and oxygen atoms in total. The van der Waals surface area contributed by atoms with Crippen LogP contribution in [-0.2, 0) is 9.53 Å². The third kappa shape index (κ3) is 6.39. The zero-order valence-corrected chi connectivity index (χ0v) is 20.7. The van der Waals surface area contributed by atoms with Crippen molar-refractivity contribution in [3.63, 3.8) is 0 Å². The fourth-order valence-corrected chi connectivity index (χ4v) is 3.95. The van der Waals surface area contributed by atoms with Crippen molar-refractivity contribution in [3.05, 3.63) is 60.4 Å². The van der Waals surface area contributed by atoms with Gasteiger partial charge in [0.1, 0.15) is 24.0 Å². The lowest BCUT2D eigenvalue weighted by atomic mass is 10.1. The molecule has 1 saturated heterocycles. The molecule has 1 atom stereocenters. The molecule has 1 aromatic heterocycles. The second-order valence-corrected chi connectivity index (χ2v) is 8.42. The van der Waals surface area contributed by atoms with Gasteiger partial charge >= 0.3 is 0 Å². The normalized spacial score (nSPS) is 15.3. The largest absolute Gasteiger partial charge is 0.486 e. The minimum absolute atomic E-state index is 0.0813. The summed E-state index contributed by atoms with van der Waals surface area (Å²) in [4.78, 5) is 23.9. The van der Waals surface area contributed by atoms with Crippen LogP contribution in [0.15, 0.2) is 54.9 Å². The molecule has 1 amide bonds. The molecule has 3 aromatic rings. The quantitative estimate of drug-likeness (QED) is 0.326. The van der Waals surface area contributed by atoms with E-state index in [-0.39, 0.29) is 12.0 Å². The van der Waals surface area contributed by atoms with Crippen LogP contribution in [-0.4, -0.2) is 59.7 Å². The third-order valence-corrected chi connectivity index (χ3v) is 6.00. The Kier molecular flexibility index (Phi) is 8.50. The average Bonchev–Trinajstić information content (AvgIpc) is 3.40. The maximum Gasteiger partial charge on any atom is 0.248 e. The van der Waals surface area contributed by atoms with Gasteiger partial charge in [0.05, 0.1) is 24.4 Å². The van der Waals surface area contributed by atoms with Gasteiger partial charge in [-0.15, -0.1) is 6.42 Å². The summed E-state index contributed by atoms with van der Waals surface area (Å²) in [6.45, 7) is 7.92. The molecule has 0 saturated carbocycles. The van der Waals surface area contributed by atoms with Crippen LogP contribution < -0.4 is 15.4 Å².